The standard InChI is InChI=1S/C4H4N2O3/c1-2(7)3(6-5)4(8)9/h1H3,(H,8,9). The molecule has 0 saturated carbocycles. The van der Waals surface area contributed by atoms with Gasteiger partial charge >= 0.3 is 11.7 Å². The van der Waals surface area contributed by atoms with Gasteiger partial charge in [-0.25, -0.2) is 4.79 Å². The fourth-order valence-electron chi connectivity index (χ4n) is 0.264. The molecule has 0 aromatic heterocycles. The molecular formula is C4H4N2O3. The van der Waals surface area contributed by atoms with Crippen LogP contribution in [-0.4, -0.2) is 27.4 Å². The normalized spacial score (nSPS) is 7.67. The maximum atomic E-state index is 10.1. The highest BCUT2D eigenvalue weighted by atomic mass is 16.4. The van der Waals surface area contributed by atoms with E-state index in [1.165, 1.54) is 0 Å². The molecule has 0 aliphatic heterocycles. The molecule has 0 aromatic rings. The number of carbonyl (C=O) groups is 2. The van der Waals surface area contributed by atoms with Crippen molar-refractivity contribution in [2.24, 2.45) is 0 Å². The summed E-state index contributed by atoms with van der Waals surface area (Å²) in [5.74, 6) is -2.30. The monoisotopic (exact) mass is 128 g/mol. The summed E-state index contributed by atoms with van der Waals surface area (Å²) < 4.78 is 0. The molecule has 48 valence electrons. The predicted molar refractivity (Wildman–Crippen MR) is 26.9 cm³/mol. The molecule has 0 amide bonds. The van der Waals surface area contributed by atoms with E-state index in [1.807, 2.05) is 0 Å². The van der Waals surface area contributed by atoms with Crippen molar-refractivity contribution in [2.75, 3.05) is 0 Å². The first-order valence-electron chi connectivity index (χ1n) is 2.06. The van der Waals surface area contributed by atoms with E-state index in [1.54, 1.807) is 0 Å². The Hall–Kier alpha value is -1.48. The summed E-state index contributed by atoms with van der Waals surface area (Å²) in [5.41, 5.74) is 7.00. The van der Waals surface area contributed by atoms with Crippen LogP contribution in [0.25, 0.3) is 5.53 Å². The maximum absolute atomic E-state index is 10.1. The van der Waals surface area contributed by atoms with Crippen molar-refractivity contribution < 1.29 is 19.5 Å². The zero-order chi connectivity index (χ0) is 7.44. The van der Waals surface area contributed by atoms with Crippen LogP contribution < -0.4 is 0 Å². The van der Waals surface area contributed by atoms with Gasteiger partial charge in [0.25, 0.3) is 0 Å². The predicted octanol–water partition coefficient (Wildman–Crippen LogP) is -0.669. The number of ketones is 1. The van der Waals surface area contributed by atoms with Crippen LogP contribution in [0, 0.1) is 0 Å². The van der Waals surface area contributed by atoms with E-state index in [4.69, 9.17) is 10.6 Å². The SMILES string of the molecule is CC(=O)C(=[N+]=[N-])C(=O)O. The van der Waals surface area contributed by atoms with Crippen LogP contribution in [0.5, 0.6) is 0 Å². The minimum Gasteiger partial charge on any atom is -0.472 e. The number of aliphatic carboxylic acids is 1. The third kappa shape index (κ3) is 1.84. The van der Waals surface area contributed by atoms with Gasteiger partial charge in [0.2, 0.25) is 5.78 Å². The average Bonchev–Trinajstić information content (AvgIpc) is 1.64. The van der Waals surface area contributed by atoms with Crippen molar-refractivity contribution in [3.05, 3.63) is 5.53 Å². The van der Waals surface area contributed by atoms with E-state index in [9.17, 15) is 9.59 Å². The van der Waals surface area contributed by atoms with Crippen LogP contribution >= 0.6 is 0 Å². The molecule has 1 N–H and O–H groups in total. The van der Waals surface area contributed by atoms with Gasteiger partial charge in [-0.1, -0.05) is 0 Å². The highest BCUT2D eigenvalue weighted by Gasteiger charge is 2.23. The lowest BCUT2D eigenvalue weighted by Crippen LogP contribution is -2.21. The largest absolute Gasteiger partial charge is 0.472 e. The average molecular weight is 128 g/mol. The van der Waals surface area contributed by atoms with Crippen LogP contribution in [0.4, 0.5) is 0 Å². The van der Waals surface area contributed by atoms with Gasteiger partial charge in [0.15, 0.2) is 0 Å². The number of hydrogen-bond acceptors (Lipinski definition) is 2. The Labute approximate surface area is 50.5 Å². The fourth-order valence-corrected chi connectivity index (χ4v) is 0.264. The fraction of sp³-hybridized carbons (Fsp3) is 0.250. The van der Waals surface area contributed by atoms with Crippen molar-refractivity contribution in [3.63, 3.8) is 0 Å². The summed E-state index contributed by atoms with van der Waals surface area (Å²) >= 11 is 0. The zero-order valence-corrected chi connectivity index (χ0v) is 4.66. The Bertz CT molecular complexity index is 186. The van der Waals surface area contributed by atoms with Gasteiger partial charge in [0.05, 0.1) is 0 Å². The molecule has 0 spiro atoms. The van der Waals surface area contributed by atoms with Gasteiger partial charge in [-0.15, -0.1) is 0 Å². The molecule has 5 nitrogen and oxygen atoms in total. The molecule has 0 aliphatic rings. The highest BCUT2D eigenvalue weighted by Crippen LogP contribution is 1.73. The van der Waals surface area contributed by atoms with Gasteiger partial charge in [0, 0.05) is 6.92 Å². The first kappa shape index (κ1) is 7.52. The van der Waals surface area contributed by atoms with E-state index < -0.39 is 17.5 Å². The topological polar surface area (TPSA) is 90.8 Å². The molecule has 0 atom stereocenters. The third-order valence-electron chi connectivity index (χ3n) is 0.636. The van der Waals surface area contributed by atoms with Crippen LogP contribution in [0.1, 0.15) is 6.92 Å². The van der Waals surface area contributed by atoms with Crippen molar-refractivity contribution in [1.82, 2.24) is 0 Å². The first-order valence-corrected chi connectivity index (χ1v) is 2.06. The van der Waals surface area contributed by atoms with Crippen molar-refractivity contribution >= 4 is 17.5 Å². The lowest BCUT2D eigenvalue weighted by molar-refractivity contribution is -0.136. The van der Waals surface area contributed by atoms with Crippen molar-refractivity contribution in [1.29, 1.82) is 0 Å². The van der Waals surface area contributed by atoms with Crippen molar-refractivity contribution in [2.45, 2.75) is 6.92 Å². The van der Waals surface area contributed by atoms with E-state index in [2.05, 4.69) is 4.79 Å². The Kier molecular flexibility index (Phi) is 2.29. The van der Waals surface area contributed by atoms with Gasteiger partial charge in [0.1, 0.15) is 0 Å². The minimum absolute atomic E-state index is 0.773. The minimum atomic E-state index is -1.52. The zero-order valence-electron chi connectivity index (χ0n) is 4.66. The Morgan fingerprint density at radius 2 is 2.00 bits per heavy atom. The summed E-state index contributed by atoms with van der Waals surface area (Å²) in [6.07, 6.45) is 0. The number of hydrogen-bond donors (Lipinski definition) is 1. The van der Waals surface area contributed by atoms with Gasteiger partial charge in [-0.05, 0) is 0 Å². The smallest absolute Gasteiger partial charge is 0.440 e. The third-order valence-corrected chi connectivity index (χ3v) is 0.636. The summed E-state index contributed by atoms with van der Waals surface area (Å²) in [4.78, 5) is 22.3. The highest BCUT2D eigenvalue weighted by molar-refractivity contribution is 6.61. The molecular weight excluding hydrogens is 124 g/mol. The van der Waals surface area contributed by atoms with Gasteiger partial charge in [-0.2, -0.15) is 4.79 Å². The van der Waals surface area contributed by atoms with Crippen LogP contribution in [0.15, 0.2) is 0 Å². The maximum Gasteiger partial charge on any atom is 0.440 e. The van der Waals surface area contributed by atoms with E-state index >= 15 is 0 Å². The number of rotatable bonds is 2. The summed E-state index contributed by atoms with van der Waals surface area (Å²) in [5, 5.41) is 8.03. The second kappa shape index (κ2) is 2.74. The lowest BCUT2D eigenvalue weighted by Gasteiger charge is -1.77. The molecule has 5 heteroatoms. The molecule has 9 heavy (non-hydrogen) atoms. The van der Waals surface area contributed by atoms with Crippen molar-refractivity contribution in [3.8, 4) is 0 Å². The van der Waals surface area contributed by atoms with E-state index in [0.717, 1.165) is 6.92 Å². The number of carboxylic acid groups (broad SMARTS) is 1. The summed E-state index contributed by atoms with van der Waals surface area (Å²) in [6.45, 7) is 1.00. The summed E-state index contributed by atoms with van der Waals surface area (Å²) in [6, 6.07) is 0. The molecule has 0 unspecified atom stereocenters. The molecule has 0 fully saturated rings. The van der Waals surface area contributed by atoms with E-state index in [-0.39, 0.29) is 0 Å². The van der Waals surface area contributed by atoms with Gasteiger partial charge < -0.3 is 10.6 Å². The molecule has 0 aliphatic carbocycles. The number of carbonyl (C=O) groups excluding carboxylic acids is 1. The quantitative estimate of drug-likeness (QED) is 0.231. The number of nitrogens with zero attached hydrogens (tertiary/aromatic N) is 2. The first-order chi connectivity index (χ1) is 4.09. The molecule has 0 saturated heterocycles. The molecule has 0 heterocycles. The van der Waals surface area contributed by atoms with E-state index in [0.29, 0.717) is 0 Å². The molecule has 0 rings (SSSR count). The number of Topliss-reactive ketones (excluding diaryl/α,β-unsaturated/α-hetero) is 1. The Morgan fingerprint density at radius 3 is 2.00 bits per heavy atom. The van der Waals surface area contributed by atoms with Crippen LogP contribution in [0.3, 0.4) is 0 Å². The Morgan fingerprint density at radius 1 is 1.56 bits per heavy atom. The second-order valence-electron chi connectivity index (χ2n) is 1.31. The second-order valence-corrected chi connectivity index (χ2v) is 1.31. The molecule has 0 aromatic carbocycles. The lowest BCUT2D eigenvalue weighted by atomic mass is 10.3. The Balaban J connectivity index is 4.59. The molecule has 0 bridgehead atoms. The van der Waals surface area contributed by atoms with Crippen LogP contribution in [-0.2, 0) is 9.59 Å². The van der Waals surface area contributed by atoms with Gasteiger partial charge in [-0.3, -0.25) is 4.79 Å². The number of carboxylic acids is 1. The van der Waals surface area contributed by atoms with Crippen LogP contribution in [0.2, 0.25) is 0 Å². The molecule has 0 radical (unpaired) electrons. The summed E-state index contributed by atoms with van der Waals surface area (Å²) in [7, 11) is 0.